The fourth-order valence-corrected chi connectivity index (χ4v) is 1.80. The van der Waals surface area contributed by atoms with Crippen molar-refractivity contribution in [1.82, 2.24) is 9.97 Å². The number of alkyl halides is 6. The van der Waals surface area contributed by atoms with E-state index in [1.54, 1.807) is 0 Å². The highest BCUT2D eigenvalue weighted by molar-refractivity contribution is 5.87. The van der Waals surface area contributed by atoms with Crippen LogP contribution in [0.1, 0.15) is 21.5 Å². The topological polar surface area (TPSA) is 85.9 Å². The number of carbonyl (C=O) groups is 1. The number of pyridine rings is 2. The van der Waals surface area contributed by atoms with Gasteiger partial charge in [0.2, 0.25) is 17.4 Å². The van der Waals surface area contributed by atoms with Crippen molar-refractivity contribution in [2.75, 3.05) is 14.2 Å². The zero-order valence-electron chi connectivity index (χ0n) is 14.6. The number of nitrogens with zero attached hydrogens (tertiary/aromatic N) is 3. The second-order valence-electron chi connectivity index (χ2n) is 4.94. The van der Waals surface area contributed by atoms with Crippen LogP contribution in [0.3, 0.4) is 0 Å². The first kappa shape index (κ1) is 23.5. The third-order valence-corrected chi connectivity index (χ3v) is 3.06. The maximum atomic E-state index is 12.4. The molecule has 0 saturated heterocycles. The molecule has 0 amide bonds. The summed E-state index contributed by atoms with van der Waals surface area (Å²) in [4.78, 5) is 19.9. The molecular formula is C16H11F6N3O4. The van der Waals surface area contributed by atoms with Crippen LogP contribution in [0.5, 0.6) is 11.8 Å². The molecular weight excluding hydrogens is 412 g/mol. The number of aromatic nitrogens is 2. The van der Waals surface area contributed by atoms with E-state index in [1.807, 2.05) is 0 Å². The van der Waals surface area contributed by atoms with Gasteiger partial charge < -0.3 is 14.6 Å². The average Bonchev–Trinajstić information content (AvgIpc) is 2.65. The molecule has 7 nitrogen and oxygen atoms in total. The summed E-state index contributed by atoms with van der Waals surface area (Å²) in [7, 11) is 2.12. The number of rotatable bonds is 3. The van der Waals surface area contributed by atoms with Crippen molar-refractivity contribution in [1.29, 1.82) is 0 Å². The number of carboxylic acid groups (broad SMARTS) is 1. The summed E-state index contributed by atoms with van der Waals surface area (Å²) in [6, 6.07) is 1.19. The van der Waals surface area contributed by atoms with E-state index in [1.165, 1.54) is 0 Å². The van der Waals surface area contributed by atoms with Gasteiger partial charge >= 0.3 is 18.3 Å². The van der Waals surface area contributed by atoms with Crippen molar-refractivity contribution >= 4 is 11.7 Å². The van der Waals surface area contributed by atoms with E-state index in [-0.39, 0.29) is 5.69 Å². The fraction of sp³-hybridized carbons (Fsp3) is 0.250. The van der Waals surface area contributed by atoms with Gasteiger partial charge in [0.15, 0.2) is 0 Å². The Hall–Kier alpha value is -3.56. The van der Waals surface area contributed by atoms with Gasteiger partial charge in [-0.2, -0.15) is 26.3 Å². The van der Waals surface area contributed by atoms with Gasteiger partial charge in [0.05, 0.1) is 26.4 Å². The van der Waals surface area contributed by atoms with E-state index in [2.05, 4.69) is 24.3 Å². The lowest BCUT2D eigenvalue weighted by Crippen LogP contribution is -2.11. The largest absolute Gasteiger partial charge is 0.481 e. The molecule has 0 fully saturated rings. The van der Waals surface area contributed by atoms with Crippen molar-refractivity contribution in [3.8, 4) is 11.8 Å². The quantitative estimate of drug-likeness (QED) is 0.579. The Balaban J connectivity index is 0.000000291. The molecule has 0 aromatic carbocycles. The van der Waals surface area contributed by atoms with Crippen LogP contribution >= 0.6 is 0 Å². The number of ether oxygens (including phenoxy) is 2. The highest BCUT2D eigenvalue weighted by atomic mass is 19.4. The van der Waals surface area contributed by atoms with Gasteiger partial charge in [-0.15, -0.1) is 0 Å². The van der Waals surface area contributed by atoms with Crippen LogP contribution in [0.4, 0.5) is 32.0 Å². The van der Waals surface area contributed by atoms with E-state index in [0.29, 0.717) is 12.1 Å². The number of hydrogen-bond donors (Lipinski definition) is 1. The number of hydrogen-bond acceptors (Lipinski definition) is 5. The van der Waals surface area contributed by atoms with Crippen molar-refractivity contribution in [3.63, 3.8) is 0 Å². The molecule has 0 spiro atoms. The lowest BCUT2D eigenvalue weighted by atomic mass is 10.2. The number of methoxy groups -OCH3 is 2. The molecule has 0 atom stereocenters. The normalized spacial score (nSPS) is 11.0. The Morgan fingerprint density at radius 3 is 1.79 bits per heavy atom. The summed E-state index contributed by atoms with van der Waals surface area (Å²) >= 11 is 0. The van der Waals surface area contributed by atoms with Crippen LogP contribution in [-0.2, 0) is 12.4 Å². The first-order chi connectivity index (χ1) is 13.3. The summed E-state index contributed by atoms with van der Waals surface area (Å²) in [6.07, 6.45) is -7.42. The van der Waals surface area contributed by atoms with E-state index >= 15 is 0 Å². The minimum Gasteiger partial charge on any atom is -0.481 e. The summed E-state index contributed by atoms with van der Waals surface area (Å²) in [5, 5.41) is 8.49. The molecule has 2 rings (SSSR count). The highest BCUT2D eigenvalue weighted by Crippen LogP contribution is 2.37. The van der Waals surface area contributed by atoms with Gasteiger partial charge in [0, 0.05) is 12.4 Å². The van der Waals surface area contributed by atoms with Gasteiger partial charge in [-0.25, -0.2) is 19.6 Å². The minimum absolute atomic E-state index is 0.168. The van der Waals surface area contributed by atoms with E-state index in [4.69, 9.17) is 11.7 Å². The van der Waals surface area contributed by atoms with Gasteiger partial charge in [-0.1, -0.05) is 0 Å². The lowest BCUT2D eigenvalue weighted by Gasteiger charge is -2.10. The molecule has 0 aliphatic rings. The zero-order chi connectivity index (χ0) is 22.4. The number of halogens is 6. The number of carboxylic acids is 1. The molecule has 0 unspecified atom stereocenters. The summed E-state index contributed by atoms with van der Waals surface area (Å²) in [6.45, 7) is 6.55. The first-order valence-electron chi connectivity index (χ1n) is 7.18. The molecule has 0 saturated carbocycles. The minimum atomic E-state index is -4.69. The van der Waals surface area contributed by atoms with E-state index < -0.39 is 46.8 Å². The summed E-state index contributed by atoms with van der Waals surface area (Å²) in [5.41, 5.74) is -2.94. The average molecular weight is 423 g/mol. The SMILES string of the molecule is COc1ncc(C(=O)O)cc1C(F)(F)F.[C-]#[N+]c1cnc(OC)c(C(F)(F)F)c1. The van der Waals surface area contributed by atoms with Crippen molar-refractivity contribution in [2.24, 2.45) is 0 Å². The summed E-state index contributed by atoms with van der Waals surface area (Å²) < 4.78 is 82.9. The Bertz CT molecular complexity index is 922. The van der Waals surface area contributed by atoms with Crippen molar-refractivity contribution in [3.05, 3.63) is 52.6 Å². The molecule has 0 bridgehead atoms. The van der Waals surface area contributed by atoms with Crippen molar-refractivity contribution < 1.29 is 45.7 Å². The molecule has 156 valence electrons. The third kappa shape index (κ3) is 6.23. The highest BCUT2D eigenvalue weighted by Gasteiger charge is 2.36. The third-order valence-electron chi connectivity index (χ3n) is 3.06. The first-order valence-corrected chi connectivity index (χ1v) is 7.18. The maximum Gasteiger partial charge on any atom is 0.421 e. The second kappa shape index (κ2) is 9.09. The Morgan fingerprint density at radius 1 is 0.966 bits per heavy atom. The van der Waals surface area contributed by atoms with Crippen LogP contribution in [0.25, 0.3) is 4.85 Å². The van der Waals surface area contributed by atoms with Gasteiger partial charge in [0.25, 0.3) is 0 Å². The van der Waals surface area contributed by atoms with Crippen LogP contribution in [0.15, 0.2) is 24.5 Å². The predicted molar refractivity (Wildman–Crippen MR) is 84.8 cm³/mol. The monoisotopic (exact) mass is 423 g/mol. The molecule has 0 radical (unpaired) electrons. The predicted octanol–water partition coefficient (Wildman–Crippen LogP) is 4.47. The molecule has 2 aromatic heterocycles. The molecule has 1 N–H and O–H groups in total. The Morgan fingerprint density at radius 2 is 1.41 bits per heavy atom. The zero-order valence-corrected chi connectivity index (χ0v) is 14.6. The number of aromatic carboxylic acids is 1. The standard InChI is InChI=1S/C8H5F3N2O.C8H6F3NO3/c1-12-5-3-6(8(9,10)11)7(14-2)13-4-5;1-15-6-5(8(9,10)11)2-4(3-12-6)7(13)14/h3-4H,2H3;2-3H,1H3,(H,13,14). The molecule has 13 heteroatoms. The molecule has 2 aromatic rings. The van der Waals surface area contributed by atoms with Gasteiger partial charge in [-0.05, 0) is 12.1 Å². The van der Waals surface area contributed by atoms with Gasteiger partial charge in [-0.3, -0.25) is 0 Å². The smallest absolute Gasteiger partial charge is 0.421 e. The van der Waals surface area contributed by atoms with Crippen LogP contribution in [0, 0.1) is 6.57 Å². The van der Waals surface area contributed by atoms with E-state index in [0.717, 1.165) is 26.6 Å². The van der Waals surface area contributed by atoms with Crippen LogP contribution in [-0.4, -0.2) is 35.3 Å². The van der Waals surface area contributed by atoms with E-state index in [9.17, 15) is 31.1 Å². The van der Waals surface area contributed by atoms with Crippen LogP contribution in [0.2, 0.25) is 0 Å². The Labute approximate surface area is 159 Å². The van der Waals surface area contributed by atoms with Crippen LogP contribution < -0.4 is 9.47 Å². The summed E-state index contributed by atoms with van der Waals surface area (Å²) in [5.74, 6) is -2.65. The Kier molecular flexibility index (Phi) is 7.36. The molecule has 0 aliphatic heterocycles. The van der Waals surface area contributed by atoms with Crippen molar-refractivity contribution in [2.45, 2.75) is 12.4 Å². The molecule has 2 heterocycles. The molecule has 29 heavy (non-hydrogen) atoms. The fourth-order valence-electron chi connectivity index (χ4n) is 1.80. The maximum absolute atomic E-state index is 12.4. The molecule has 0 aliphatic carbocycles. The lowest BCUT2D eigenvalue weighted by molar-refractivity contribution is -0.140. The second-order valence-corrected chi connectivity index (χ2v) is 4.94. The van der Waals surface area contributed by atoms with Gasteiger partial charge in [0.1, 0.15) is 11.1 Å².